The highest BCUT2D eigenvalue weighted by Crippen LogP contribution is 2.24. The predicted molar refractivity (Wildman–Crippen MR) is 101 cm³/mol. The fourth-order valence-electron chi connectivity index (χ4n) is 2.39. The lowest BCUT2D eigenvalue weighted by molar-refractivity contribution is -0.139. The summed E-state index contributed by atoms with van der Waals surface area (Å²) in [7, 11) is -0.389. The number of carbonyl (C=O) groups excluding carboxylic acids is 1. The molecule has 0 aromatic heterocycles. The third kappa shape index (κ3) is 7.21. The van der Waals surface area contributed by atoms with Crippen LogP contribution in [0.2, 0.25) is 6.04 Å². The minimum absolute atomic E-state index is 0.293. The number of benzene rings is 1. The van der Waals surface area contributed by atoms with Crippen LogP contribution in [0.4, 0.5) is 0 Å². The molecule has 0 radical (unpaired) electrons. The van der Waals surface area contributed by atoms with Crippen molar-refractivity contribution in [3.63, 3.8) is 0 Å². The molecule has 0 saturated heterocycles. The normalized spacial score (nSPS) is 10.8. The standard InChI is InChI=1S/C19H30O4Si/c1-5-21-16-11-10-12-17(18(16)22-6-2)24-14-9-7-8-13-23-19(20)15(3)4/h10-12H,3,5-9,13-14,24H2,1-2,4H3. The van der Waals surface area contributed by atoms with Gasteiger partial charge in [0.25, 0.3) is 0 Å². The van der Waals surface area contributed by atoms with Crippen LogP contribution in [0.25, 0.3) is 0 Å². The van der Waals surface area contributed by atoms with Gasteiger partial charge in [0, 0.05) is 5.57 Å². The van der Waals surface area contributed by atoms with Crippen molar-refractivity contribution in [1.29, 1.82) is 0 Å². The second-order valence-electron chi connectivity index (χ2n) is 5.69. The van der Waals surface area contributed by atoms with Gasteiger partial charge in [0.05, 0.1) is 29.3 Å². The topological polar surface area (TPSA) is 44.8 Å². The molecule has 0 atom stereocenters. The van der Waals surface area contributed by atoms with E-state index in [0.717, 1.165) is 30.8 Å². The molecule has 0 aliphatic heterocycles. The molecular weight excluding hydrogens is 320 g/mol. The van der Waals surface area contributed by atoms with Crippen LogP contribution < -0.4 is 14.7 Å². The summed E-state index contributed by atoms with van der Waals surface area (Å²) in [5.74, 6) is 1.50. The summed E-state index contributed by atoms with van der Waals surface area (Å²) in [6.45, 7) is 11.0. The van der Waals surface area contributed by atoms with Gasteiger partial charge in [-0.1, -0.05) is 37.6 Å². The lowest BCUT2D eigenvalue weighted by Crippen LogP contribution is -2.18. The molecule has 0 N–H and O–H groups in total. The molecule has 1 rings (SSSR count). The summed E-state index contributed by atoms with van der Waals surface area (Å²) in [6, 6.07) is 7.40. The molecule has 0 amide bonds. The third-order valence-corrected chi connectivity index (χ3v) is 5.52. The van der Waals surface area contributed by atoms with E-state index in [1.54, 1.807) is 6.92 Å². The monoisotopic (exact) mass is 350 g/mol. The minimum atomic E-state index is -0.389. The first-order valence-electron chi connectivity index (χ1n) is 8.80. The number of ether oxygens (including phenoxy) is 3. The van der Waals surface area contributed by atoms with Gasteiger partial charge in [-0.05, 0) is 38.4 Å². The smallest absolute Gasteiger partial charge is 0.333 e. The van der Waals surface area contributed by atoms with Crippen LogP contribution in [-0.2, 0) is 9.53 Å². The molecule has 5 heteroatoms. The highest BCUT2D eigenvalue weighted by Gasteiger charge is 2.10. The van der Waals surface area contributed by atoms with E-state index in [9.17, 15) is 4.79 Å². The van der Waals surface area contributed by atoms with Crippen LogP contribution in [0.15, 0.2) is 30.4 Å². The van der Waals surface area contributed by atoms with Gasteiger partial charge in [-0.25, -0.2) is 4.79 Å². The van der Waals surface area contributed by atoms with Crippen LogP contribution in [-0.4, -0.2) is 35.3 Å². The number of unbranched alkanes of at least 4 members (excludes halogenated alkanes) is 2. The molecule has 0 spiro atoms. The number of esters is 1. The van der Waals surface area contributed by atoms with Crippen molar-refractivity contribution in [2.75, 3.05) is 19.8 Å². The second kappa shape index (κ2) is 11.7. The Balaban J connectivity index is 2.35. The Morgan fingerprint density at radius 2 is 1.88 bits per heavy atom. The molecule has 134 valence electrons. The zero-order valence-electron chi connectivity index (χ0n) is 15.2. The van der Waals surface area contributed by atoms with Crippen molar-refractivity contribution in [2.45, 2.75) is 46.1 Å². The Hall–Kier alpha value is -1.75. The van der Waals surface area contributed by atoms with Crippen molar-refractivity contribution in [2.24, 2.45) is 0 Å². The molecule has 0 saturated carbocycles. The quantitative estimate of drug-likeness (QED) is 0.252. The van der Waals surface area contributed by atoms with Crippen LogP contribution in [0.5, 0.6) is 11.5 Å². The van der Waals surface area contributed by atoms with E-state index in [2.05, 4.69) is 12.6 Å². The summed E-state index contributed by atoms with van der Waals surface area (Å²) < 4.78 is 16.6. The predicted octanol–water partition coefficient (Wildman–Crippen LogP) is 2.99. The molecule has 0 unspecified atom stereocenters. The van der Waals surface area contributed by atoms with E-state index in [1.807, 2.05) is 26.0 Å². The van der Waals surface area contributed by atoms with Crippen molar-refractivity contribution in [3.8, 4) is 11.5 Å². The number of hydrogen-bond donors (Lipinski definition) is 0. The second-order valence-corrected chi connectivity index (χ2v) is 7.66. The zero-order chi connectivity index (χ0) is 17.8. The summed E-state index contributed by atoms with van der Waals surface area (Å²) in [6.07, 6.45) is 3.14. The average molecular weight is 351 g/mol. The molecule has 0 aliphatic rings. The maximum atomic E-state index is 11.3. The fourth-order valence-corrected chi connectivity index (χ4v) is 4.19. The first-order valence-corrected chi connectivity index (χ1v) is 10.5. The Morgan fingerprint density at radius 3 is 2.54 bits per heavy atom. The van der Waals surface area contributed by atoms with Crippen LogP contribution in [0.1, 0.15) is 40.0 Å². The van der Waals surface area contributed by atoms with Crippen molar-refractivity contribution >= 4 is 20.7 Å². The minimum Gasteiger partial charge on any atom is -0.490 e. The molecule has 1 aromatic rings. The average Bonchev–Trinajstić information content (AvgIpc) is 2.56. The van der Waals surface area contributed by atoms with Gasteiger partial charge < -0.3 is 14.2 Å². The van der Waals surface area contributed by atoms with Crippen molar-refractivity contribution < 1.29 is 19.0 Å². The van der Waals surface area contributed by atoms with Gasteiger partial charge in [0.1, 0.15) is 0 Å². The molecule has 0 bridgehead atoms. The van der Waals surface area contributed by atoms with Gasteiger partial charge in [0.2, 0.25) is 0 Å². The van der Waals surface area contributed by atoms with E-state index in [1.165, 1.54) is 11.2 Å². The van der Waals surface area contributed by atoms with Crippen molar-refractivity contribution in [1.82, 2.24) is 0 Å². The third-order valence-electron chi connectivity index (χ3n) is 3.57. The summed E-state index contributed by atoms with van der Waals surface area (Å²) in [5, 5.41) is 1.33. The zero-order valence-corrected chi connectivity index (χ0v) is 16.6. The van der Waals surface area contributed by atoms with Gasteiger partial charge >= 0.3 is 5.97 Å². The molecule has 0 aliphatic carbocycles. The number of para-hydroxylation sites is 1. The van der Waals surface area contributed by atoms with Crippen LogP contribution in [0, 0.1) is 0 Å². The highest BCUT2D eigenvalue weighted by molar-refractivity contribution is 6.54. The van der Waals surface area contributed by atoms with Gasteiger partial charge in [0.15, 0.2) is 11.5 Å². The van der Waals surface area contributed by atoms with E-state index in [0.29, 0.717) is 25.4 Å². The molecule has 24 heavy (non-hydrogen) atoms. The molecule has 0 fully saturated rings. The summed E-state index contributed by atoms with van der Waals surface area (Å²) in [5.41, 5.74) is 0.458. The molecular formula is C19H30O4Si. The van der Waals surface area contributed by atoms with Crippen LogP contribution >= 0.6 is 0 Å². The number of carbonyl (C=O) groups is 1. The van der Waals surface area contributed by atoms with Crippen LogP contribution in [0.3, 0.4) is 0 Å². The molecule has 1 aromatic carbocycles. The first-order chi connectivity index (χ1) is 11.6. The van der Waals surface area contributed by atoms with E-state index in [-0.39, 0.29) is 15.5 Å². The first kappa shape index (κ1) is 20.3. The Kier molecular flexibility index (Phi) is 9.92. The Bertz CT molecular complexity index is 528. The lowest BCUT2D eigenvalue weighted by atomic mass is 10.2. The highest BCUT2D eigenvalue weighted by atomic mass is 28.2. The van der Waals surface area contributed by atoms with E-state index < -0.39 is 0 Å². The van der Waals surface area contributed by atoms with Crippen molar-refractivity contribution in [3.05, 3.63) is 30.4 Å². The molecule has 4 nitrogen and oxygen atoms in total. The summed E-state index contributed by atoms with van der Waals surface area (Å²) in [4.78, 5) is 11.3. The van der Waals surface area contributed by atoms with E-state index >= 15 is 0 Å². The Morgan fingerprint density at radius 1 is 1.12 bits per heavy atom. The maximum absolute atomic E-state index is 11.3. The SMILES string of the molecule is C=C(C)C(=O)OCCCCC[SiH2]c1cccc(OCC)c1OCC. The summed E-state index contributed by atoms with van der Waals surface area (Å²) >= 11 is 0. The largest absolute Gasteiger partial charge is 0.490 e. The van der Waals surface area contributed by atoms with Gasteiger partial charge in [-0.2, -0.15) is 0 Å². The van der Waals surface area contributed by atoms with Gasteiger partial charge in [-0.15, -0.1) is 0 Å². The lowest BCUT2D eigenvalue weighted by Gasteiger charge is -2.15. The van der Waals surface area contributed by atoms with Gasteiger partial charge in [-0.3, -0.25) is 0 Å². The number of hydrogen-bond acceptors (Lipinski definition) is 4. The Labute approximate surface area is 148 Å². The van der Waals surface area contributed by atoms with E-state index in [4.69, 9.17) is 14.2 Å². The number of rotatable bonds is 12. The molecule has 0 heterocycles. The fraction of sp³-hybridized carbons (Fsp3) is 0.526. The maximum Gasteiger partial charge on any atom is 0.333 e.